The molecule has 0 aromatic carbocycles. The third-order valence-electron chi connectivity index (χ3n) is 3.69. The Hall–Kier alpha value is -0.810. The van der Waals surface area contributed by atoms with E-state index in [0.717, 1.165) is 26.2 Å². The predicted molar refractivity (Wildman–Crippen MR) is 107 cm³/mol. The minimum atomic E-state index is 0.0404. The molecule has 26 heavy (non-hydrogen) atoms. The highest BCUT2D eigenvalue weighted by Gasteiger charge is 2.12. The number of nitrogens with zero attached hydrogens (tertiary/aromatic N) is 1. The number of amides is 1. The van der Waals surface area contributed by atoms with E-state index >= 15 is 0 Å². The SMILES string of the molecule is CC(N)COCC(C)NCCC(=O)N(CCN)CCNCCNCCN. The molecule has 156 valence electrons. The molecule has 9 N–H and O–H groups in total. The Labute approximate surface area is 158 Å². The molecule has 0 saturated carbocycles. The summed E-state index contributed by atoms with van der Waals surface area (Å²) < 4.78 is 5.48. The minimum absolute atomic E-state index is 0.0404. The molecule has 0 radical (unpaired) electrons. The highest BCUT2D eigenvalue weighted by atomic mass is 16.5. The van der Waals surface area contributed by atoms with Gasteiger partial charge in [0.25, 0.3) is 0 Å². The van der Waals surface area contributed by atoms with E-state index in [9.17, 15) is 4.79 Å². The molecule has 0 fully saturated rings. The summed E-state index contributed by atoms with van der Waals surface area (Å²) in [5, 5.41) is 9.83. The van der Waals surface area contributed by atoms with Gasteiger partial charge in [-0.25, -0.2) is 0 Å². The van der Waals surface area contributed by atoms with Gasteiger partial charge in [-0.1, -0.05) is 0 Å². The van der Waals surface area contributed by atoms with E-state index in [1.165, 1.54) is 0 Å². The molecule has 0 aromatic rings. The molecule has 0 aliphatic rings. The predicted octanol–water partition coefficient (Wildman–Crippen LogP) is -2.36. The van der Waals surface area contributed by atoms with Crippen molar-refractivity contribution in [3.8, 4) is 0 Å². The van der Waals surface area contributed by atoms with Crippen LogP contribution in [0.1, 0.15) is 20.3 Å². The molecule has 1 amide bonds. The molecule has 0 rings (SSSR count). The van der Waals surface area contributed by atoms with Gasteiger partial charge in [0, 0.05) is 77.4 Å². The maximum atomic E-state index is 12.4. The number of carbonyl (C=O) groups is 1. The molecule has 0 spiro atoms. The first-order chi connectivity index (χ1) is 12.5. The molecule has 0 saturated heterocycles. The minimum Gasteiger partial charge on any atom is -0.378 e. The number of rotatable bonds is 18. The van der Waals surface area contributed by atoms with Gasteiger partial charge in [0.05, 0.1) is 13.2 Å². The Morgan fingerprint density at radius 3 is 2.27 bits per heavy atom. The van der Waals surface area contributed by atoms with Crippen LogP contribution in [0.5, 0.6) is 0 Å². The van der Waals surface area contributed by atoms with Crippen LogP contribution in [0.3, 0.4) is 0 Å². The van der Waals surface area contributed by atoms with Gasteiger partial charge in [0.15, 0.2) is 0 Å². The van der Waals surface area contributed by atoms with Crippen molar-refractivity contribution in [2.45, 2.75) is 32.4 Å². The summed E-state index contributed by atoms with van der Waals surface area (Å²) in [7, 11) is 0. The fourth-order valence-corrected chi connectivity index (χ4v) is 2.33. The van der Waals surface area contributed by atoms with E-state index in [4.69, 9.17) is 21.9 Å². The maximum absolute atomic E-state index is 12.4. The molecule has 0 heterocycles. The fourth-order valence-electron chi connectivity index (χ4n) is 2.33. The number of ether oxygens (including phenoxy) is 1. The van der Waals surface area contributed by atoms with Gasteiger partial charge in [0.2, 0.25) is 5.91 Å². The Balaban J connectivity index is 3.85. The van der Waals surface area contributed by atoms with Crippen LogP contribution in [0.15, 0.2) is 0 Å². The van der Waals surface area contributed by atoms with Crippen LogP contribution in [-0.4, -0.2) is 95.0 Å². The van der Waals surface area contributed by atoms with E-state index in [-0.39, 0.29) is 18.0 Å². The van der Waals surface area contributed by atoms with Crippen molar-refractivity contribution in [1.82, 2.24) is 20.9 Å². The van der Waals surface area contributed by atoms with E-state index in [2.05, 4.69) is 16.0 Å². The van der Waals surface area contributed by atoms with Crippen LogP contribution in [-0.2, 0) is 9.53 Å². The summed E-state index contributed by atoms with van der Waals surface area (Å²) in [6.45, 7) is 11.4. The van der Waals surface area contributed by atoms with Gasteiger partial charge in [-0.15, -0.1) is 0 Å². The monoisotopic (exact) mass is 375 g/mol. The van der Waals surface area contributed by atoms with Gasteiger partial charge in [-0.3, -0.25) is 4.79 Å². The van der Waals surface area contributed by atoms with Gasteiger partial charge in [-0.05, 0) is 13.8 Å². The summed E-state index contributed by atoms with van der Waals surface area (Å²) in [6.07, 6.45) is 0.454. The van der Waals surface area contributed by atoms with Crippen molar-refractivity contribution in [3.63, 3.8) is 0 Å². The highest BCUT2D eigenvalue weighted by Crippen LogP contribution is 1.94. The molecule has 9 heteroatoms. The Morgan fingerprint density at radius 1 is 0.962 bits per heavy atom. The van der Waals surface area contributed by atoms with Crippen molar-refractivity contribution in [3.05, 3.63) is 0 Å². The largest absolute Gasteiger partial charge is 0.378 e. The van der Waals surface area contributed by atoms with Crippen LogP contribution in [0.4, 0.5) is 0 Å². The lowest BCUT2D eigenvalue weighted by molar-refractivity contribution is -0.131. The van der Waals surface area contributed by atoms with Crippen LogP contribution in [0, 0.1) is 0 Å². The van der Waals surface area contributed by atoms with Crippen molar-refractivity contribution in [2.24, 2.45) is 17.2 Å². The zero-order valence-corrected chi connectivity index (χ0v) is 16.6. The number of hydrogen-bond acceptors (Lipinski definition) is 8. The Bertz CT molecular complexity index is 332. The summed E-state index contributed by atoms with van der Waals surface area (Å²) in [6, 6.07) is 0.228. The first-order valence-corrected chi connectivity index (χ1v) is 9.67. The van der Waals surface area contributed by atoms with E-state index in [0.29, 0.717) is 52.4 Å². The van der Waals surface area contributed by atoms with E-state index < -0.39 is 0 Å². The standard InChI is InChI=1S/C17H41N7O2/c1-15(20)13-26-14-16(2)23-6-3-17(25)24(11-5-19)12-10-22-9-8-21-7-4-18/h15-16,21-23H,3-14,18-20H2,1-2H3. The van der Waals surface area contributed by atoms with Crippen LogP contribution in [0.2, 0.25) is 0 Å². The molecule has 0 aromatic heterocycles. The summed E-state index contributed by atoms with van der Waals surface area (Å²) >= 11 is 0. The van der Waals surface area contributed by atoms with Crippen LogP contribution in [0.25, 0.3) is 0 Å². The topological polar surface area (TPSA) is 144 Å². The molecule has 2 unspecified atom stereocenters. The number of hydrogen-bond donors (Lipinski definition) is 6. The summed E-state index contributed by atoms with van der Waals surface area (Å²) in [5.74, 6) is 0.120. The van der Waals surface area contributed by atoms with E-state index in [1.54, 1.807) is 0 Å². The smallest absolute Gasteiger partial charge is 0.223 e. The second-order valence-corrected chi connectivity index (χ2v) is 6.58. The second kappa shape index (κ2) is 17.6. The lowest BCUT2D eigenvalue weighted by Gasteiger charge is -2.23. The maximum Gasteiger partial charge on any atom is 0.223 e. The first kappa shape index (κ1) is 25.2. The fraction of sp³-hybridized carbons (Fsp3) is 0.941. The summed E-state index contributed by atoms with van der Waals surface area (Å²) in [4.78, 5) is 14.2. The number of carbonyl (C=O) groups excluding carboxylic acids is 1. The number of nitrogens with one attached hydrogen (secondary N) is 3. The molecular formula is C17H41N7O2. The van der Waals surface area contributed by atoms with Crippen molar-refractivity contribution >= 4 is 5.91 Å². The van der Waals surface area contributed by atoms with Gasteiger partial charge in [-0.2, -0.15) is 0 Å². The zero-order chi connectivity index (χ0) is 19.6. The molecular weight excluding hydrogens is 334 g/mol. The zero-order valence-electron chi connectivity index (χ0n) is 16.6. The third-order valence-corrected chi connectivity index (χ3v) is 3.69. The average molecular weight is 376 g/mol. The van der Waals surface area contributed by atoms with Crippen molar-refractivity contribution in [2.75, 3.05) is 72.1 Å². The highest BCUT2D eigenvalue weighted by molar-refractivity contribution is 5.76. The average Bonchev–Trinajstić information content (AvgIpc) is 2.59. The lowest BCUT2D eigenvalue weighted by Crippen LogP contribution is -2.42. The quantitative estimate of drug-likeness (QED) is 0.146. The Morgan fingerprint density at radius 2 is 1.65 bits per heavy atom. The second-order valence-electron chi connectivity index (χ2n) is 6.58. The molecule has 2 atom stereocenters. The van der Waals surface area contributed by atoms with Crippen LogP contribution >= 0.6 is 0 Å². The Kier molecular flexibility index (Phi) is 17.0. The lowest BCUT2D eigenvalue weighted by atomic mass is 10.3. The third kappa shape index (κ3) is 15.4. The van der Waals surface area contributed by atoms with Crippen LogP contribution < -0.4 is 33.2 Å². The molecule has 0 aliphatic carbocycles. The van der Waals surface area contributed by atoms with Gasteiger partial charge in [0.1, 0.15) is 0 Å². The van der Waals surface area contributed by atoms with E-state index in [1.807, 2.05) is 18.7 Å². The normalized spacial score (nSPS) is 13.6. The molecule has 9 nitrogen and oxygen atoms in total. The van der Waals surface area contributed by atoms with Gasteiger partial charge < -0.3 is 42.8 Å². The number of nitrogens with two attached hydrogens (primary N) is 3. The van der Waals surface area contributed by atoms with Crippen molar-refractivity contribution in [1.29, 1.82) is 0 Å². The van der Waals surface area contributed by atoms with Crippen molar-refractivity contribution < 1.29 is 9.53 Å². The molecule has 0 aliphatic heterocycles. The first-order valence-electron chi connectivity index (χ1n) is 9.67. The summed E-state index contributed by atoms with van der Waals surface area (Å²) in [5.41, 5.74) is 16.7. The van der Waals surface area contributed by atoms with Gasteiger partial charge >= 0.3 is 0 Å². The molecule has 0 bridgehead atoms.